The number of hydrogen-bond donors (Lipinski definition) is 1. The van der Waals surface area contributed by atoms with Crippen LogP contribution in [0, 0.1) is 0 Å². The molecule has 0 amide bonds. The molecule has 6 heteroatoms. The van der Waals surface area contributed by atoms with Gasteiger partial charge < -0.3 is 9.84 Å². The van der Waals surface area contributed by atoms with Crippen LogP contribution in [0.3, 0.4) is 0 Å². The Balaban J connectivity index is 1.64. The van der Waals surface area contributed by atoms with E-state index in [1.807, 2.05) is 18.2 Å². The van der Waals surface area contributed by atoms with E-state index >= 15 is 0 Å². The van der Waals surface area contributed by atoms with E-state index in [-0.39, 0.29) is 5.41 Å². The zero-order valence-corrected chi connectivity index (χ0v) is 13.2. The van der Waals surface area contributed by atoms with Crippen molar-refractivity contribution in [3.63, 3.8) is 0 Å². The second kappa shape index (κ2) is 5.54. The summed E-state index contributed by atoms with van der Waals surface area (Å²) in [6.45, 7) is 7.75. The molecule has 0 aliphatic heterocycles. The molecule has 110 valence electrons. The summed E-state index contributed by atoms with van der Waals surface area (Å²) in [5.74, 6) is 0.908. The molecule has 0 saturated heterocycles. The Morgan fingerprint density at radius 2 is 2.05 bits per heavy atom. The second-order valence-electron chi connectivity index (χ2n) is 6.09. The lowest BCUT2D eigenvalue weighted by atomic mass is 9.93. The van der Waals surface area contributed by atoms with E-state index in [9.17, 15) is 0 Å². The molecular weight excluding hydrogens is 284 g/mol. The van der Waals surface area contributed by atoms with E-state index in [2.05, 4.69) is 46.1 Å². The summed E-state index contributed by atoms with van der Waals surface area (Å²) in [6, 6.07) is 8.07. The summed E-state index contributed by atoms with van der Waals surface area (Å²) < 4.78 is 14.0. The van der Waals surface area contributed by atoms with Gasteiger partial charge in [-0.1, -0.05) is 38.1 Å². The fraction of sp³-hybridized carbons (Fsp3) is 0.400. The van der Waals surface area contributed by atoms with Crippen molar-refractivity contribution in [2.45, 2.75) is 39.3 Å². The minimum absolute atomic E-state index is 0.0108. The van der Waals surface area contributed by atoms with E-state index < -0.39 is 0 Å². The van der Waals surface area contributed by atoms with E-state index in [0.717, 1.165) is 34.6 Å². The Morgan fingerprint density at radius 1 is 1.19 bits per heavy atom. The average Bonchev–Trinajstić information content (AvgIpc) is 3.06. The number of fused-ring (bicyclic) bond motifs is 1. The highest BCUT2D eigenvalue weighted by Crippen LogP contribution is 2.22. The van der Waals surface area contributed by atoms with Gasteiger partial charge in [-0.25, -0.2) is 0 Å². The zero-order chi connectivity index (χ0) is 14.9. The molecule has 3 rings (SSSR count). The number of aromatic nitrogens is 3. The maximum Gasteiger partial charge on any atom is 0.142 e. The lowest BCUT2D eigenvalue weighted by Gasteiger charge is -2.12. The first-order chi connectivity index (χ1) is 10.0. The molecule has 0 spiro atoms. The molecule has 5 nitrogen and oxygen atoms in total. The molecule has 0 atom stereocenters. The smallest absolute Gasteiger partial charge is 0.142 e. The predicted molar refractivity (Wildman–Crippen MR) is 83.2 cm³/mol. The van der Waals surface area contributed by atoms with Crippen molar-refractivity contribution in [2.24, 2.45) is 0 Å². The van der Waals surface area contributed by atoms with Gasteiger partial charge in [0.15, 0.2) is 0 Å². The third-order valence-electron chi connectivity index (χ3n) is 3.29. The lowest BCUT2D eigenvalue weighted by Crippen LogP contribution is -2.13. The molecule has 0 saturated carbocycles. The fourth-order valence-corrected chi connectivity index (χ4v) is 2.65. The first kappa shape index (κ1) is 14.2. The van der Waals surface area contributed by atoms with Crippen LogP contribution in [-0.4, -0.2) is 13.9 Å². The van der Waals surface area contributed by atoms with Crippen molar-refractivity contribution in [1.82, 2.24) is 19.2 Å². The Morgan fingerprint density at radius 3 is 2.81 bits per heavy atom. The molecule has 0 aliphatic rings. The zero-order valence-electron chi connectivity index (χ0n) is 12.4. The van der Waals surface area contributed by atoms with Crippen LogP contribution in [0.2, 0.25) is 0 Å². The molecule has 3 aromatic rings. The van der Waals surface area contributed by atoms with Crippen LogP contribution >= 0.6 is 11.7 Å². The van der Waals surface area contributed by atoms with Gasteiger partial charge in [-0.2, -0.15) is 8.75 Å². The summed E-state index contributed by atoms with van der Waals surface area (Å²) in [7, 11) is 0. The molecule has 21 heavy (non-hydrogen) atoms. The molecule has 0 radical (unpaired) electrons. The van der Waals surface area contributed by atoms with Gasteiger partial charge in [0.1, 0.15) is 16.8 Å². The highest BCUT2D eigenvalue weighted by Gasteiger charge is 2.19. The summed E-state index contributed by atoms with van der Waals surface area (Å²) in [5, 5.41) is 7.48. The van der Waals surface area contributed by atoms with Gasteiger partial charge in [-0.15, -0.1) is 0 Å². The molecule has 0 aliphatic carbocycles. The predicted octanol–water partition coefficient (Wildman–Crippen LogP) is 3.27. The average molecular weight is 302 g/mol. The van der Waals surface area contributed by atoms with Crippen LogP contribution in [0.1, 0.15) is 37.8 Å². The standard InChI is InChI=1S/C15H18N4OS/c1-15(2,3)13-7-11(17-20-13)9-16-8-10-5-4-6-12-14(10)19-21-18-12/h4-7,16H,8-9H2,1-3H3. The summed E-state index contributed by atoms with van der Waals surface area (Å²) in [5.41, 5.74) is 3.99. The topological polar surface area (TPSA) is 63.8 Å². The van der Waals surface area contributed by atoms with Crippen LogP contribution in [0.5, 0.6) is 0 Å². The molecule has 0 fully saturated rings. The number of nitrogens with zero attached hydrogens (tertiary/aromatic N) is 3. The fourth-order valence-electron chi connectivity index (χ4n) is 2.08. The first-order valence-corrected chi connectivity index (χ1v) is 7.64. The van der Waals surface area contributed by atoms with Crippen LogP contribution < -0.4 is 5.32 Å². The monoisotopic (exact) mass is 302 g/mol. The van der Waals surface area contributed by atoms with Crippen molar-refractivity contribution in [1.29, 1.82) is 0 Å². The number of rotatable bonds is 4. The van der Waals surface area contributed by atoms with Crippen molar-refractivity contribution < 1.29 is 4.52 Å². The molecule has 2 aromatic heterocycles. The molecule has 2 heterocycles. The van der Waals surface area contributed by atoms with Crippen LogP contribution in [-0.2, 0) is 18.5 Å². The van der Waals surface area contributed by atoms with Crippen molar-refractivity contribution in [3.05, 3.63) is 41.3 Å². The second-order valence-corrected chi connectivity index (χ2v) is 6.61. The van der Waals surface area contributed by atoms with E-state index in [1.165, 1.54) is 11.7 Å². The van der Waals surface area contributed by atoms with Crippen LogP contribution in [0.15, 0.2) is 28.8 Å². The molecule has 0 unspecified atom stereocenters. The summed E-state index contributed by atoms with van der Waals surface area (Å²) in [6.07, 6.45) is 0. The highest BCUT2D eigenvalue weighted by atomic mass is 32.1. The Kier molecular flexibility index (Phi) is 3.73. The van der Waals surface area contributed by atoms with Crippen LogP contribution in [0.25, 0.3) is 11.0 Å². The largest absolute Gasteiger partial charge is 0.361 e. The van der Waals surface area contributed by atoms with Crippen LogP contribution in [0.4, 0.5) is 0 Å². The number of benzene rings is 1. The molecule has 1 N–H and O–H groups in total. The SMILES string of the molecule is CC(C)(C)c1cc(CNCc2cccc3nsnc23)no1. The van der Waals surface area contributed by atoms with Gasteiger partial charge in [0.2, 0.25) is 0 Å². The van der Waals surface area contributed by atoms with Crippen molar-refractivity contribution in [3.8, 4) is 0 Å². The van der Waals surface area contributed by atoms with E-state index in [4.69, 9.17) is 4.52 Å². The minimum atomic E-state index is -0.0108. The minimum Gasteiger partial charge on any atom is -0.361 e. The van der Waals surface area contributed by atoms with E-state index in [0.29, 0.717) is 6.54 Å². The molecule has 1 aromatic carbocycles. The van der Waals surface area contributed by atoms with Gasteiger partial charge in [-0.3, -0.25) is 0 Å². The number of hydrogen-bond acceptors (Lipinski definition) is 6. The number of nitrogens with one attached hydrogen (secondary N) is 1. The van der Waals surface area contributed by atoms with E-state index in [1.54, 1.807) is 0 Å². The summed E-state index contributed by atoms with van der Waals surface area (Å²) in [4.78, 5) is 0. The lowest BCUT2D eigenvalue weighted by molar-refractivity contribution is 0.325. The van der Waals surface area contributed by atoms with Crippen molar-refractivity contribution >= 4 is 22.8 Å². The van der Waals surface area contributed by atoms with Gasteiger partial charge in [-0.05, 0) is 11.6 Å². The van der Waals surface area contributed by atoms with Crippen molar-refractivity contribution in [2.75, 3.05) is 0 Å². The molecular formula is C15H18N4OS. The molecule has 0 bridgehead atoms. The normalized spacial score (nSPS) is 12.1. The maximum atomic E-state index is 5.38. The third-order valence-corrected chi connectivity index (χ3v) is 3.83. The summed E-state index contributed by atoms with van der Waals surface area (Å²) >= 11 is 1.25. The highest BCUT2D eigenvalue weighted by molar-refractivity contribution is 7.00. The van der Waals surface area contributed by atoms with Gasteiger partial charge >= 0.3 is 0 Å². The van der Waals surface area contributed by atoms with Gasteiger partial charge in [0, 0.05) is 24.6 Å². The van der Waals surface area contributed by atoms with Gasteiger partial charge in [0.05, 0.1) is 17.4 Å². The third kappa shape index (κ3) is 3.11. The Bertz CT molecular complexity index is 741. The Labute approximate surface area is 127 Å². The van der Waals surface area contributed by atoms with Gasteiger partial charge in [0.25, 0.3) is 0 Å². The Hall–Kier alpha value is -1.79. The first-order valence-electron chi connectivity index (χ1n) is 6.91. The quantitative estimate of drug-likeness (QED) is 0.801. The maximum absolute atomic E-state index is 5.38.